The van der Waals surface area contributed by atoms with Crippen LogP contribution in [-0.4, -0.2) is 32.3 Å². The SMILES string of the molecule is Cc1cc(S(N)(=O)=O)cc(C(=O)N2CCC=C(F)C2)c1C. The van der Waals surface area contributed by atoms with E-state index in [0.717, 1.165) is 0 Å². The number of primary sulfonamides is 1. The fourth-order valence-corrected chi connectivity index (χ4v) is 2.88. The first kappa shape index (κ1) is 15.7. The van der Waals surface area contributed by atoms with Gasteiger partial charge in [0.25, 0.3) is 5.91 Å². The minimum atomic E-state index is -3.90. The first-order chi connectivity index (χ1) is 9.70. The van der Waals surface area contributed by atoms with Crippen LogP contribution in [0.2, 0.25) is 0 Å². The Kier molecular flexibility index (Phi) is 4.15. The van der Waals surface area contributed by atoms with Gasteiger partial charge in [0.2, 0.25) is 10.0 Å². The van der Waals surface area contributed by atoms with E-state index in [1.807, 2.05) is 0 Å². The van der Waals surface area contributed by atoms with Crippen LogP contribution in [0.15, 0.2) is 28.9 Å². The van der Waals surface area contributed by atoms with Gasteiger partial charge in [-0.25, -0.2) is 17.9 Å². The molecule has 1 amide bonds. The molecule has 0 radical (unpaired) electrons. The standard InChI is InChI=1S/C14H17FN2O3S/c1-9-6-12(21(16,19)20)7-13(10(9)2)14(18)17-5-3-4-11(15)8-17/h4,6-7H,3,5,8H2,1-2H3,(H2,16,19,20). The van der Waals surface area contributed by atoms with Crippen molar-refractivity contribution in [1.82, 2.24) is 4.90 Å². The largest absolute Gasteiger partial charge is 0.332 e. The van der Waals surface area contributed by atoms with E-state index in [1.165, 1.54) is 23.1 Å². The maximum absolute atomic E-state index is 13.3. The van der Waals surface area contributed by atoms with Crippen LogP contribution in [0.25, 0.3) is 0 Å². The van der Waals surface area contributed by atoms with E-state index in [0.29, 0.717) is 24.1 Å². The number of halogens is 1. The van der Waals surface area contributed by atoms with Crippen LogP contribution in [0.1, 0.15) is 27.9 Å². The fourth-order valence-electron chi connectivity index (χ4n) is 2.26. The fraction of sp³-hybridized carbons (Fsp3) is 0.357. The Hall–Kier alpha value is -1.73. The van der Waals surface area contributed by atoms with Gasteiger partial charge in [-0.2, -0.15) is 0 Å². The first-order valence-electron chi connectivity index (χ1n) is 6.48. The third-order valence-electron chi connectivity index (χ3n) is 3.59. The van der Waals surface area contributed by atoms with Crippen LogP contribution >= 0.6 is 0 Å². The van der Waals surface area contributed by atoms with Crippen molar-refractivity contribution < 1.29 is 17.6 Å². The quantitative estimate of drug-likeness (QED) is 0.901. The summed E-state index contributed by atoms with van der Waals surface area (Å²) >= 11 is 0. The van der Waals surface area contributed by atoms with Gasteiger partial charge in [-0.3, -0.25) is 4.79 Å². The number of carbonyl (C=O) groups is 1. The molecule has 0 atom stereocenters. The van der Waals surface area contributed by atoms with Gasteiger partial charge in [0.05, 0.1) is 11.4 Å². The molecule has 114 valence electrons. The van der Waals surface area contributed by atoms with Gasteiger partial charge in [0.1, 0.15) is 5.83 Å². The summed E-state index contributed by atoms with van der Waals surface area (Å²) in [7, 11) is -3.90. The summed E-state index contributed by atoms with van der Waals surface area (Å²) in [6.07, 6.45) is 1.90. The zero-order chi connectivity index (χ0) is 15.8. The van der Waals surface area contributed by atoms with Crippen molar-refractivity contribution in [2.24, 2.45) is 5.14 Å². The van der Waals surface area contributed by atoms with E-state index < -0.39 is 10.0 Å². The van der Waals surface area contributed by atoms with Gasteiger partial charge in [-0.15, -0.1) is 0 Å². The van der Waals surface area contributed by atoms with Crippen LogP contribution in [0.4, 0.5) is 4.39 Å². The van der Waals surface area contributed by atoms with Gasteiger partial charge in [-0.1, -0.05) is 0 Å². The molecule has 0 fully saturated rings. The average Bonchev–Trinajstić information content (AvgIpc) is 2.39. The van der Waals surface area contributed by atoms with Gasteiger partial charge < -0.3 is 4.90 Å². The molecule has 0 bridgehead atoms. The average molecular weight is 312 g/mol. The Morgan fingerprint density at radius 2 is 2.00 bits per heavy atom. The molecular formula is C14H17FN2O3S. The number of nitrogens with zero attached hydrogens (tertiary/aromatic N) is 1. The molecule has 0 saturated heterocycles. The van der Waals surface area contributed by atoms with E-state index in [2.05, 4.69) is 0 Å². The lowest BCUT2D eigenvalue weighted by Crippen LogP contribution is -2.35. The Labute approximate surface area is 123 Å². The molecule has 0 spiro atoms. The van der Waals surface area contributed by atoms with Crippen LogP contribution in [0.3, 0.4) is 0 Å². The van der Waals surface area contributed by atoms with Crippen LogP contribution in [0, 0.1) is 13.8 Å². The van der Waals surface area contributed by atoms with Crippen molar-refractivity contribution in [1.29, 1.82) is 0 Å². The Bertz CT molecular complexity index is 726. The number of carbonyl (C=O) groups excluding carboxylic acids is 1. The number of rotatable bonds is 2. The first-order valence-corrected chi connectivity index (χ1v) is 8.02. The monoisotopic (exact) mass is 312 g/mol. The normalized spacial score (nSPS) is 15.8. The summed E-state index contributed by atoms with van der Waals surface area (Å²) in [6.45, 7) is 3.75. The molecule has 0 aromatic heterocycles. The Balaban J connectivity index is 2.46. The van der Waals surface area contributed by atoms with Crippen molar-refractivity contribution in [3.05, 3.63) is 40.7 Å². The summed E-state index contributed by atoms with van der Waals surface area (Å²) in [6, 6.07) is 2.69. The highest BCUT2D eigenvalue weighted by atomic mass is 32.2. The third kappa shape index (κ3) is 3.30. The highest BCUT2D eigenvalue weighted by Crippen LogP contribution is 2.22. The summed E-state index contributed by atoms with van der Waals surface area (Å²) in [5.74, 6) is -0.740. The second kappa shape index (κ2) is 5.57. The van der Waals surface area contributed by atoms with Crippen molar-refractivity contribution in [3.8, 4) is 0 Å². The molecule has 1 aromatic rings. The number of nitrogens with two attached hydrogens (primary N) is 1. The predicted octanol–water partition coefficient (Wildman–Crippen LogP) is 1.65. The summed E-state index contributed by atoms with van der Waals surface area (Å²) in [5, 5.41) is 5.12. The summed E-state index contributed by atoms with van der Waals surface area (Å²) in [5.41, 5.74) is 1.56. The van der Waals surface area contributed by atoms with E-state index in [4.69, 9.17) is 5.14 Å². The van der Waals surface area contributed by atoms with Gasteiger partial charge in [0.15, 0.2) is 0 Å². The van der Waals surface area contributed by atoms with E-state index in [1.54, 1.807) is 13.8 Å². The molecule has 2 N–H and O–H groups in total. The molecule has 1 aliphatic heterocycles. The lowest BCUT2D eigenvalue weighted by molar-refractivity contribution is 0.0754. The topological polar surface area (TPSA) is 80.5 Å². The summed E-state index contributed by atoms with van der Waals surface area (Å²) in [4.78, 5) is 13.7. The zero-order valence-corrected chi connectivity index (χ0v) is 12.7. The van der Waals surface area contributed by atoms with Crippen molar-refractivity contribution in [2.75, 3.05) is 13.1 Å². The lowest BCUT2D eigenvalue weighted by atomic mass is 10.0. The second-order valence-electron chi connectivity index (χ2n) is 5.12. The molecule has 2 rings (SSSR count). The molecule has 0 saturated carbocycles. The maximum Gasteiger partial charge on any atom is 0.254 e. The highest BCUT2D eigenvalue weighted by molar-refractivity contribution is 7.89. The number of hydrogen-bond donors (Lipinski definition) is 1. The lowest BCUT2D eigenvalue weighted by Gasteiger charge is -2.25. The van der Waals surface area contributed by atoms with E-state index in [9.17, 15) is 17.6 Å². The molecule has 5 nitrogen and oxygen atoms in total. The molecule has 1 aliphatic rings. The molecular weight excluding hydrogens is 295 g/mol. The minimum absolute atomic E-state index is 0.0864. The third-order valence-corrected chi connectivity index (χ3v) is 4.49. The van der Waals surface area contributed by atoms with Crippen molar-refractivity contribution >= 4 is 15.9 Å². The number of hydrogen-bond acceptors (Lipinski definition) is 3. The van der Waals surface area contributed by atoms with Crippen LogP contribution in [0.5, 0.6) is 0 Å². The number of sulfonamides is 1. The molecule has 1 heterocycles. The molecule has 7 heteroatoms. The second-order valence-corrected chi connectivity index (χ2v) is 6.69. The number of benzene rings is 1. The van der Waals surface area contributed by atoms with Crippen LogP contribution < -0.4 is 5.14 Å². The van der Waals surface area contributed by atoms with Gasteiger partial charge in [-0.05, 0) is 49.6 Å². The van der Waals surface area contributed by atoms with Crippen molar-refractivity contribution in [3.63, 3.8) is 0 Å². The number of aryl methyl sites for hydroxylation is 1. The predicted molar refractivity (Wildman–Crippen MR) is 77.0 cm³/mol. The number of amides is 1. The minimum Gasteiger partial charge on any atom is -0.332 e. The highest BCUT2D eigenvalue weighted by Gasteiger charge is 2.23. The molecule has 1 aromatic carbocycles. The smallest absolute Gasteiger partial charge is 0.254 e. The summed E-state index contributed by atoms with van der Waals surface area (Å²) < 4.78 is 36.3. The molecule has 21 heavy (non-hydrogen) atoms. The zero-order valence-electron chi connectivity index (χ0n) is 11.9. The van der Waals surface area contributed by atoms with Gasteiger partial charge in [0, 0.05) is 12.1 Å². The van der Waals surface area contributed by atoms with Gasteiger partial charge >= 0.3 is 0 Å². The van der Waals surface area contributed by atoms with Crippen molar-refractivity contribution in [2.45, 2.75) is 25.2 Å². The van der Waals surface area contributed by atoms with Crippen LogP contribution in [-0.2, 0) is 10.0 Å². The Morgan fingerprint density at radius 3 is 2.57 bits per heavy atom. The van der Waals surface area contributed by atoms with E-state index >= 15 is 0 Å². The Morgan fingerprint density at radius 1 is 1.33 bits per heavy atom. The molecule has 0 aliphatic carbocycles. The molecule has 0 unspecified atom stereocenters. The maximum atomic E-state index is 13.3. The van der Waals surface area contributed by atoms with E-state index in [-0.39, 0.29) is 28.7 Å².